The maximum Gasteiger partial charge on any atom is 0.196 e. The van der Waals surface area contributed by atoms with Gasteiger partial charge in [0.25, 0.3) is 0 Å². The van der Waals surface area contributed by atoms with E-state index in [2.05, 4.69) is 10.3 Å². The number of nitrogens with zero attached hydrogens (tertiary/aromatic N) is 1. The molecule has 0 unspecified atom stereocenters. The number of hydrogen-bond donors (Lipinski definition) is 1. The summed E-state index contributed by atoms with van der Waals surface area (Å²) < 4.78 is 18.8. The van der Waals surface area contributed by atoms with Gasteiger partial charge in [0.05, 0.1) is 11.2 Å². The van der Waals surface area contributed by atoms with Gasteiger partial charge in [0, 0.05) is 18.5 Å². The Kier molecular flexibility index (Phi) is 3.76. The minimum Gasteiger partial charge on any atom is -0.441 e. The lowest BCUT2D eigenvalue weighted by atomic mass is 10.2. The number of nitrogens with one attached hydrogen (secondary N) is 1. The molecule has 1 aromatic heterocycles. The highest BCUT2D eigenvalue weighted by Gasteiger charge is 2.08. The molecule has 1 aromatic carbocycles. The SMILES string of the molecule is CNCCc1ncc(-c2ccc(Cl)c(F)c2)o1. The van der Waals surface area contributed by atoms with E-state index >= 15 is 0 Å². The molecule has 5 heteroatoms. The first-order valence-corrected chi connectivity index (χ1v) is 5.63. The smallest absolute Gasteiger partial charge is 0.196 e. The highest BCUT2D eigenvalue weighted by molar-refractivity contribution is 6.30. The van der Waals surface area contributed by atoms with Crippen molar-refractivity contribution < 1.29 is 8.81 Å². The van der Waals surface area contributed by atoms with E-state index in [-0.39, 0.29) is 5.02 Å². The molecule has 0 saturated heterocycles. The third-order valence-electron chi connectivity index (χ3n) is 2.35. The van der Waals surface area contributed by atoms with Crippen LogP contribution < -0.4 is 5.32 Å². The van der Waals surface area contributed by atoms with E-state index in [4.69, 9.17) is 16.0 Å². The van der Waals surface area contributed by atoms with Crippen LogP contribution in [-0.2, 0) is 6.42 Å². The molecule has 0 atom stereocenters. The van der Waals surface area contributed by atoms with Crippen LogP contribution in [0.25, 0.3) is 11.3 Å². The van der Waals surface area contributed by atoms with E-state index in [9.17, 15) is 4.39 Å². The summed E-state index contributed by atoms with van der Waals surface area (Å²) in [5, 5.41) is 3.10. The fourth-order valence-corrected chi connectivity index (χ4v) is 1.56. The van der Waals surface area contributed by atoms with Gasteiger partial charge in [0.1, 0.15) is 5.82 Å². The predicted molar refractivity (Wildman–Crippen MR) is 64.5 cm³/mol. The molecule has 0 amide bonds. The van der Waals surface area contributed by atoms with Crippen molar-refractivity contribution in [2.75, 3.05) is 13.6 Å². The maximum atomic E-state index is 13.3. The maximum absolute atomic E-state index is 13.3. The number of benzene rings is 1. The predicted octanol–water partition coefficient (Wildman–Crippen LogP) is 2.90. The van der Waals surface area contributed by atoms with Gasteiger partial charge in [-0.25, -0.2) is 9.37 Å². The van der Waals surface area contributed by atoms with Crippen molar-refractivity contribution in [3.05, 3.63) is 41.1 Å². The van der Waals surface area contributed by atoms with Crippen LogP contribution in [0.2, 0.25) is 5.02 Å². The average Bonchev–Trinajstić information content (AvgIpc) is 2.79. The topological polar surface area (TPSA) is 38.1 Å². The second-order valence-electron chi connectivity index (χ2n) is 3.60. The van der Waals surface area contributed by atoms with Crippen molar-refractivity contribution in [3.8, 4) is 11.3 Å². The van der Waals surface area contributed by atoms with E-state index in [1.807, 2.05) is 7.05 Å². The van der Waals surface area contributed by atoms with Crippen LogP contribution in [-0.4, -0.2) is 18.6 Å². The van der Waals surface area contributed by atoms with Crippen LogP contribution in [0.4, 0.5) is 4.39 Å². The molecular weight excluding hydrogens is 243 g/mol. The van der Waals surface area contributed by atoms with Crippen molar-refractivity contribution in [1.29, 1.82) is 0 Å². The number of rotatable bonds is 4. The number of hydrogen-bond acceptors (Lipinski definition) is 3. The monoisotopic (exact) mass is 254 g/mol. The molecule has 2 rings (SSSR count). The third kappa shape index (κ3) is 2.84. The quantitative estimate of drug-likeness (QED) is 0.912. The van der Waals surface area contributed by atoms with Gasteiger partial charge >= 0.3 is 0 Å². The Labute approximate surface area is 104 Å². The van der Waals surface area contributed by atoms with E-state index in [1.165, 1.54) is 12.1 Å². The summed E-state index contributed by atoms with van der Waals surface area (Å²) in [5.74, 6) is 0.716. The zero-order valence-corrected chi connectivity index (χ0v) is 10.1. The lowest BCUT2D eigenvalue weighted by molar-refractivity contribution is 0.500. The van der Waals surface area contributed by atoms with Crippen LogP contribution in [0.1, 0.15) is 5.89 Å². The summed E-state index contributed by atoms with van der Waals surface area (Å²) in [4.78, 5) is 4.12. The summed E-state index contributed by atoms with van der Waals surface area (Å²) in [6.07, 6.45) is 2.29. The van der Waals surface area contributed by atoms with Crippen molar-refractivity contribution >= 4 is 11.6 Å². The van der Waals surface area contributed by atoms with Crippen LogP contribution in [0.15, 0.2) is 28.8 Å². The Morgan fingerprint density at radius 3 is 3.00 bits per heavy atom. The molecule has 0 aliphatic heterocycles. The van der Waals surface area contributed by atoms with E-state index in [0.29, 0.717) is 23.6 Å². The second-order valence-corrected chi connectivity index (χ2v) is 4.01. The number of halogens is 2. The standard InChI is InChI=1S/C12H12ClFN2O/c1-15-5-4-12-16-7-11(17-12)8-2-3-9(13)10(14)6-8/h2-3,6-7,15H,4-5H2,1H3. The van der Waals surface area contributed by atoms with Gasteiger partial charge in [-0.1, -0.05) is 11.6 Å². The van der Waals surface area contributed by atoms with Gasteiger partial charge in [-0.2, -0.15) is 0 Å². The second kappa shape index (κ2) is 5.29. The third-order valence-corrected chi connectivity index (χ3v) is 2.65. The highest BCUT2D eigenvalue weighted by Crippen LogP contribution is 2.24. The molecule has 90 valence electrons. The Bertz CT molecular complexity index is 513. The first-order valence-electron chi connectivity index (χ1n) is 5.25. The minimum atomic E-state index is -0.461. The van der Waals surface area contributed by atoms with Gasteiger partial charge < -0.3 is 9.73 Å². The van der Waals surface area contributed by atoms with Gasteiger partial charge in [0.15, 0.2) is 11.7 Å². The highest BCUT2D eigenvalue weighted by atomic mass is 35.5. The first-order chi connectivity index (χ1) is 8.20. The fourth-order valence-electron chi connectivity index (χ4n) is 1.44. The van der Waals surface area contributed by atoms with Crippen LogP contribution in [0, 0.1) is 5.82 Å². The number of aromatic nitrogens is 1. The zero-order valence-electron chi connectivity index (χ0n) is 9.34. The Hall–Kier alpha value is -1.39. The molecule has 0 fully saturated rings. The molecule has 0 bridgehead atoms. The normalized spacial score (nSPS) is 10.8. The van der Waals surface area contributed by atoms with Crippen LogP contribution in [0.3, 0.4) is 0 Å². The summed E-state index contributed by atoms with van der Waals surface area (Å²) in [5.41, 5.74) is 0.634. The van der Waals surface area contributed by atoms with Crippen molar-refractivity contribution in [3.63, 3.8) is 0 Å². The molecule has 0 spiro atoms. The molecule has 2 aromatic rings. The summed E-state index contributed by atoms with van der Waals surface area (Å²) in [6, 6.07) is 4.54. The van der Waals surface area contributed by atoms with E-state index in [1.54, 1.807) is 12.3 Å². The zero-order chi connectivity index (χ0) is 12.3. The molecule has 0 aliphatic carbocycles. The molecule has 0 radical (unpaired) electrons. The molecule has 1 heterocycles. The number of oxazole rings is 1. The van der Waals surface area contributed by atoms with Crippen molar-refractivity contribution in [1.82, 2.24) is 10.3 Å². The van der Waals surface area contributed by atoms with E-state index < -0.39 is 5.82 Å². The first kappa shape index (κ1) is 12.1. The Balaban J connectivity index is 2.21. The molecule has 17 heavy (non-hydrogen) atoms. The summed E-state index contributed by atoms with van der Waals surface area (Å²) in [7, 11) is 1.86. The molecule has 3 nitrogen and oxygen atoms in total. The van der Waals surface area contributed by atoms with Gasteiger partial charge in [-0.3, -0.25) is 0 Å². The Morgan fingerprint density at radius 1 is 1.47 bits per heavy atom. The fraction of sp³-hybridized carbons (Fsp3) is 0.250. The van der Waals surface area contributed by atoms with Crippen molar-refractivity contribution in [2.45, 2.75) is 6.42 Å². The van der Waals surface area contributed by atoms with Gasteiger partial charge in [0.2, 0.25) is 0 Å². The average molecular weight is 255 g/mol. The summed E-state index contributed by atoms with van der Waals surface area (Å²) >= 11 is 5.61. The van der Waals surface area contributed by atoms with Gasteiger partial charge in [-0.15, -0.1) is 0 Å². The lowest BCUT2D eigenvalue weighted by Crippen LogP contribution is -2.10. The Morgan fingerprint density at radius 2 is 2.29 bits per heavy atom. The lowest BCUT2D eigenvalue weighted by Gasteiger charge is -1.98. The molecule has 0 aliphatic rings. The minimum absolute atomic E-state index is 0.101. The largest absolute Gasteiger partial charge is 0.441 e. The summed E-state index contributed by atoms with van der Waals surface area (Å²) in [6.45, 7) is 0.787. The molecule has 0 saturated carbocycles. The molecular formula is C12H12ClFN2O. The molecule has 1 N–H and O–H groups in total. The number of likely N-dealkylation sites (N-methyl/N-ethyl adjacent to an activating group) is 1. The van der Waals surface area contributed by atoms with Crippen LogP contribution >= 0.6 is 11.6 Å². The van der Waals surface area contributed by atoms with Crippen LogP contribution in [0.5, 0.6) is 0 Å². The van der Waals surface area contributed by atoms with Crippen molar-refractivity contribution in [2.24, 2.45) is 0 Å². The van der Waals surface area contributed by atoms with E-state index in [0.717, 1.165) is 6.54 Å². The van der Waals surface area contributed by atoms with Gasteiger partial charge in [-0.05, 0) is 25.2 Å².